The van der Waals surface area contributed by atoms with E-state index in [9.17, 15) is 4.79 Å². The van der Waals surface area contributed by atoms with E-state index >= 15 is 0 Å². The molecule has 0 heterocycles. The average Bonchev–Trinajstić information content (AvgIpc) is 2.18. The third-order valence-electron chi connectivity index (χ3n) is 2.32. The molecule has 0 bridgehead atoms. The number of nitrogens with one attached hydrogen (secondary N) is 1. The van der Waals surface area contributed by atoms with Crippen molar-refractivity contribution in [3.8, 4) is 6.07 Å². The van der Waals surface area contributed by atoms with Crippen LogP contribution in [0, 0.1) is 11.3 Å². The lowest BCUT2D eigenvalue weighted by molar-refractivity contribution is -0.136. The summed E-state index contributed by atoms with van der Waals surface area (Å²) in [5, 5.41) is 11.6. The molecule has 0 unspecified atom stereocenters. The summed E-state index contributed by atoms with van der Waals surface area (Å²) in [6.45, 7) is 9.56. The van der Waals surface area contributed by atoms with Gasteiger partial charge in [0.2, 0.25) is 5.91 Å². The van der Waals surface area contributed by atoms with Crippen LogP contribution in [0.1, 0.15) is 34.1 Å². The summed E-state index contributed by atoms with van der Waals surface area (Å²) in [6, 6.07) is 2.06. The number of hydrogen-bond donors (Lipinski definition) is 1. The lowest BCUT2D eigenvalue weighted by Gasteiger charge is -2.31. The van der Waals surface area contributed by atoms with E-state index in [1.165, 1.54) is 0 Å². The quantitative estimate of drug-likeness (QED) is 0.716. The third kappa shape index (κ3) is 4.30. The third-order valence-corrected chi connectivity index (χ3v) is 2.32. The van der Waals surface area contributed by atoms with E-state index in [2.05, 4.69) is 11.4 Å². The average molecular weight is 211 g/mol. The van der Waals surface area contributed by atoms with E-state index in [0.29, 0.717) is 19.5 Å². The monoisotopic (exact) mass is 211 g/mol. The molecule has 0 aromatic carbocycles. The fraction of sp³-hybridized carbons (Fsp3) is 0.818. The summed E-state index contributed by atoms with van der Waals surface area (Å²) in [5.41, 5.74) is -0.541. The summed E-state index contributed by atoms with van der Waals surface area (Å²) < 4.78 is 0. The Morgan fingerprint density at radius 1 is 1.47 bits per heavy atom. The van der Waals surface area contributed by atoms with Crippen LogP contribution in [0.15, 0.2) is 0 Å². The molecule has 15 heavy (non-hydrogen) atoms. The molecular weight excluding hydrogens is 190 g/mol. The standard InChI is InChI=1S/C11H21N3O/c1-5-13-11(3,4)10(15)14(6-2)9-7-8-12/h13H,5-7,9H2,1-4H3. The van der Waals surface area contributed by atoms with E-state index in [4.69, 9.17) is 5.26 Å². The molecule has 0 aliphatic carbocycles. The van der Waals surface area contributed by atoms with Crippen molar-refractivity contribution in [2.75, 3.05) is 19.6 Å². The molecule has 0 radical (unpaired) electrons. The van der Waals surface area contributed by atoms with Crippen molar-refractivity contribution in [3.05, 3.63) is 0 Å². The number of amides is 1. The smallest absolute Gasteiger partial charge is 0.242 e. The molecule has 0 aliphatic heterocycles. The van der Waals surface area contributed by atoms with Crippen molar-refractivity contribution in [2.24, 2.45) is 0 Å². The molecule has 0 fully saturated rings. The van der Waals surface area contributed by atoms with E-state index in [-0.39, 0.29) is 5.91 Å². The second-order valence-corrected chi connectivity index (χ2v) is 3.95. The Kier molecular flexibility index (Phi) is 5.95. The van der Waals surface area contributed by atoms with Gasteiger partial charge in [-0.05, 0) is 27.3 Å². The molecular formula is C11H21N3O. The minimum atomic E-state index is -0.541. The van der Waals surface area contributed by atoms with Gasteiger partial charge >= 0.3 is 0 Å². The van der Waals surface area contributed by atoms with Crippen LogP contribution in [-0.2, 0) is 4.79 Å². The zero-order valence-electron chi connectivity index (χ0n) is 10.1. The van der Waals surface area contributed by atoms with Gasteiger partial charge in [-0.15, -0.1) is 0 Å². The summed E-state index contributed by atoms with van der Waals surface area (Å²) in [7, 11) is 0. The molecule has 0 aromatic rings. The maximum absolute atomic E-state index is 12.0. The van der Waals surface area contributed by atoms with Crippen LogP contribution in [0.4, 0.5) is 0 Å². The van der Waals surface area contributed by atoms with Gasteiger partial charge in [0.1, 0.15) is 0 Å². The van der Waals surface area contributed by atoms with Crippen LogP contribution in [0.5, 0.6) is 0 Å². The molecule has 0 saturated carbocycles. The van der Waals surface area contributed by atoms with E-state index in [1.54, 1.807) is 4.90 Å². The van der Waals surface area contributed by atoms with Gasteiger partial charge in [-0.1, -0.05) is 6.92 Å². The van der Waals surface area contributed by atoms with Gasteiger partial charge in [-0.25, -0.2) is 0 Å². The predicted octanol–water partition coefficient (Wildman–Crippen LogP) is 1.14. The van der Waals surface area contributed by atoms with Crippen LogP contribution >= 0.6 is 0 Å². The first-order chi connectivity index (χ1) is 6.99. The van der Waals surface area contributed by atoms with E-state index in [1.807, 2.05) is 27.7 Å². The molecule has 1 N–H and O–H groups in total. The molecule has 4 heteroatoms. The molecule has 4 nitrogen and oxygen atoms in total. The Morgan fingerprint density at radius 2 is 2.07 bits per heavy atom. The van der Waals surface area contributed by atoms with Crippen LogP contribution < -0.4 is 5.32 Å². The molecule has 86 valence electrons. The fourth-order valence-corrected chi connectivity index (χ4v) is 1.50. The van der Waals surface area contributed by atoms with Gasteiger partial charge in [0.15, 0.2) is 0 Å². The van der Waals surface area contributed by atoms with E-state index in [0.717, 1.165) is 6.54 Å². The molecule has 0 atom stereocenters. The Hall–Kier alpha value is -1.08. The zero-order chi connectivity index (χ0) is 11.9. The SMILES string of the molecule is CCNC(C)(C)C(=O)N(CC)CCC#N. The van der Waals surface area contributed by atoms with Crippen molar-refractivity contribution in [2.45, 2.75) is 39.7 Å². The summed E-state index contributed by atoms with van der Waals surface area (Å²) in [4.78, 5) is 13.8. The Bertz CT molecular complexity index is 243. The van der Waals surface area contributed by atoms with Crippen molar-refractivity contribution in [1.82, 2.24) is 10.2 Å². The highest BCUT2D eigenvalue weighted by Gasteiger charge is 2.29. The molecule has 0 spiro atoms. The highest BCUT2D eigenvalue weighted by molar-refractivity contribution is 5.85. The highest BCUT2D eigenvalue weighted by Crippen LogP contribution is 2.08. The molecule has 0 saturated heterocycles. The van der Waals surface area contributed by atoms with Crippen LogP contribution in [-0.4, -0.2) is 36.0 Å². The minimum absolute atomic E-state index is 0.0575. The number of carbonyl (C=O) groups excluding carboxylic acids is 1. The van der Waals surface area contributed by atoms with Crippen LogP contribution in [0.3, 0.4) is 0 Å². The lowest BCUT2D eigenvalue weighted by Crippen LogP contribution is -2.54. The van der Waals surface area contributed by atoms with Crippen molar-refractivity contribution in [3.63, 3.8) is 0 Å². The van der Waals surface area contributed by atoms with Crippen molar-refractivity contribution >= 4 is 5.91 Å². The zero-order valence-corrected chi connectivity index (χ0v) is 10.1. The number of hydrogen-bond acceptors (Lipinski definition) is 3. The summed E-state index contributed by atoms with van der Waals surface area (Å²) in [5.74, 6) is 0.0575. The highest BCUT2D eigenvalue weighted by atomic mass is 16.2. The molecule has 0 aromatic heterocycles. The summed E-state index contributed by atoms with van der Waals surface area (Å²) in [6.07, 6.45) is 0.391. The van der Waals surface area contributed by atoms with Crippen molar-refractivity contribution < 1.29 is 4.79 Å². The topological polar surface area (TPSA) is 56.1 Å². The molecule has 0 rings (SSSR count). The second kappa shape index (κ2) is 6.41. The van der Waals surface area contributed by atoms with Crippen LogP contribution in [0.2, 0.25) is 0 Å². The first-order valence-corrected chi connectivity index (χ1v) is 5.41. The van der Waals surface area contributed by atoms with Gasteiger partial charge in [-0.3, -0.25) is 4.79 Å². The number of rotatable bonds is 6. The largest absolute Gasteiger partial charge is 0.340 e. The Labute approximate surface area is 92.3 Å². The van der Waals surface area contributed by atoms with Gasteiger partial charge in [0.25, 0.3) is 0 Å². The maximum Gasteiger partial charge on any atom is 0.242 e. The maximum atomic E-state index is 12.0. The Morgan fingerprint density at radius 3 is 2.47 bits per heavy atom. The van der Waals surface area contributed by atoms with Gasteiger partial charge in [0.05, 0.1) is 18.0 Å². The fourth-order valence-electron chi connectivity index (χ4n) is 1.50. The number of likely N-dealkylation sites (N-methyl/N-ethyl adjacent to an activating group) is 2. The molecule has 0 aliphatic rings. The summed E-state index contributed by atoms with van der Waals surface area (Å²) >= 11 is 0. The van der Waals surface area contributed by atoms with Gasteiger partial charge < -0.3 is 10.2 Å². The van der Waals surface area contributed by atoms with Crippen molar-refractivity contribution in [1.29, 1.82) is 5.26 Å². The Balaban J connectivity index is 4.43. The number of carbonyl (C=O) groups is 1. The van der Waals surface area contributed by atoms with Gasteiger partial charge in [-0.2, -0.15) is 5.26 Å². The van der Waals surface area contributed by atoms with Gasteiger partial charge in [0, 0.05) is 13.1 Å². The second-order valence-electron chi connectivity index (χ2n) is 3.95. The lowest BCUT2D eigenvalue weighted by atomic mass is 10.0. The van der Waals surface area contributed by atoms with E-state index < -0.39 is 5.54 Å². The van der Waals surface area contributed by atoms with Crippen LogP contribution in [0.25, 0.3) is 0 Å². The molecule has 1 amide bonds. The number of nitriles is 1. The normalized spacial score (nSPS) is 10.9. The predicted molar refractivity (Wildman–Crippen MR) is 60.2 cm³/mol. The minimum Gasteiger partial charge on any atom is -0.340 e. The first-order valence-electron chi connectivity index (χ1n) is 5.41. The first kappa shape index (κ1) is 13.9. The number of nitrogens with zero attached hydrogens (tertiary/aromatic N) is 2.